The number of aliphatic hydroxyl groups excluding tert-OH is 2. The zero-order valence-electron chi connectivity index (χ0n) is 8.05. The molecule has 0 spiro atoms. The van der Waals surface area contributed by atoms with Crippen molar-refractivity contribution in [3.05, 3.63) is 35.9 Å². The molecule has 1 rings (SSSR count). The quantitative estimate of drug-likeness (QED) is 0.735. The summed E-state index contributed by atoms with van der Waals surface area (Å²) >= 11 is 0. The Morgan fingerprint density at radius 3 is 2.36 bits per heavy atom. The Labute approximate surface area is 83.0 Å². The van der Waals surface area contributed by atoms with E-state index in [1.54, 1.807) is 0 Å². The van der Waals surface area contributed by atoms with E-state index in [1.807, 2.05) is 30.3 Å². The van der Waals surface area contributed by atoms with Crippen LogP contribution in [0.15, 0.2) is 30.3 Å². The molecule has 0 aliphatic carbocycles. The Morgan fingerprint density at radius 1 is 1.29 bits per heavy atom. The molecule has 0 fully saturated rings. The van der Waals surface area contributed by atoms with Crippen LogP contribution in [-0.2, 0) is 11.2 Å². The first kappa shape index (κ1) is 10.9. The van der Waals surface area contributed by atoms with Gasteiger partial charge < -0.3 is 10.2 Å². The van der Waals surface area contributed by atoms with Gasteiger partial charge in [0.1, 0.15) is 6.10 Å². The minimum Gasteiger partial charge on any atom is -0.390 e. The Kier molecular flexibility index (Phi) is 3.80. The smallest absolute Gasteiger partial charge is 0.160 e. The predicted octanol–water partition coefficient (Wildman–Crippen LogP) is 0.540. The summed E-state index contributed by atoms with van der Waals surface area (Å²) in [5.74, 6) is -0.409. The van der Waals surface area contributed by atoms with E-state index in [0.29, 0.717) is 6.42 Å². The Morgan fingerprint density at radius 2 is 1.86 bits per heavy atom. The fraction of sp³-hybridized carbons (Fsp3) is 0.364. The van der Waals surface area contributed by atoms with Gasteiger partial charge in [-0.2, -0.15) is 0 Å². The van der Waals surface area contributed by atoms with Gasteiger partial charge in [-0.15, -0.1) is 0 Å². The lowest BCUT2D eigenvalue weighted by Crippen LogP contribution is -2.33. The maximum Gasteiger partial charge on any atom is 0.160 e. The molecule has 0 aliphatic rings. The highest BCUT2D eigenvalue weighted by Crippen LogP contribution is 2.06. The molecule has 3 heteroatoms. The molecule has 1 aromatic carbocycles. The second-order valence-corrected chi connectivity index (χ2v) is 3.31. The molecule has 0 unspecified atom stereocenters. The van der Waals surface area contributed by atoms with Crippen LogP contribution in [-0.4, -0.2) is 28.2 Å². The first-order valence-corrected chi connectivity index (χ1v) is 4.52. The van der Waals surface area contributed by atoms with Crippen molar-refractivity contribution in [2.75, 3.05) is 0 Å². The summed E-state index contributed by atoms with van der Waals surface area (Å²) in [5.41, 5.74) is 0.903. The molecule has 3 nitrogen and oxygen atoms in total. The van der Waals surface area contributed by atoms with Crippen molar-refractivity contribution in [2.45, 2.75) is 25.6 Å². The first-order valence-electron chi connectivity index (χ1n) is 4.52. The largest absolute Gasteiger partial charge is 0.390 e. The SMILES string of the molecule is CC(=O)[C@@H](O)[C@H](O)Cc1ccccc1. The van der Waals surface area contributed by atoms with Crippen LogP contribution < -0.4 is 0 Å². The number of benzene rings is 1. The van der Waals surface area contributed by atoms with Crippen LogP contribution in [0.25, 0.3) is 0 Å². The second kappa shape index (κ2) is 4.88. The molecular formula is C11H14O3. The van der Waals surface area contributed by atoms with Crippen LogP contribution in [0.1, 0.15) is 12.5 Å². The number of Topliss-reactive ketones (excluding diaryl/α,β-unsaturated/α-hetero) is 1. The van der Waals surface area contributed by atoms with E-state index in [9.17, 15) is 15.0 Å². The third-order valence-corrected chi connectivity index (χ3v) is 2.07. The molecule has 0 bridgehead atoms. The van der Waals surface area contributed by atoms with Gasteiger partial charge >= 0.3 is 0 Å². The minimum absolute atomic E-state index is 0.293. The summed E-state index contributed by atoms with van der Waals surface area (Å²) in [6.45, 7) is 1.26. The van der Waals surface area contributed by atoms with Gasteiger partial charge in [-0.3, -0.25) is 4.79 Å². The number of carbonyl (C=O) groups is 1. The van der Waals surface area contributed by atoms with Gasteiger partial charge in [0.25, 0.3) is 0 Å². The molecule has 0 saturated heterocycles. The van der Waals surface area contributed by atoms with E-state index < -0.39 is 18.0 Å². The number of ketones is 1. The summed E-state index contributed by atoms with van der Waals surface area (Å²) in [7, 11) is 0. The maximum absolute atomic E-state index is 10.8. The number of hydrogen-bond acceptors (Lipinski definition) is 3. The van der Waals surface area contributed by atoms with Crippen molar-refractivity contribution < 1.29 is 15.0 Å². The first-order chi connectivity index (χ1) is 6.61. The van der Waals surface area contributed by atoms with Crippen LogP contribution in [0.3, 0.4) is 0 Å². The van der Waals surface area contributed by atoms with Crippen molar-refractivity contribution in [3.8, 4) is 0 Å². The van der Waals surface area contributed by atoms with Crippen LogP contribution in [0.4, 0.5) is 0 Å². The fourth-order valence-corrected chi connectivity index (χ4v) is 1.24. The average Bonchev–Trinajstić information content (AvgIpc) is 2.18. The molecule has 0 radical (unpaired) electrons. The normalized spacial score (nSPS) is 14.8. The highest BCUT2D eigenvalue weighted by Gasteiger charge is 2.20. The molecule has 0 saturated carbocycles. The summed E-state index contributed by atoms with van der Waals surface area (Å²) in [4.78, 5) is 10.8. The molecule has 0 aliphatic heterocycles. The van der Waals surface area contributed by atoms with Crippen molar-refractivity contribution in [3.63, 3.8) is 0 Å². The van der Waals surface area contributed by atoms with Crippen molar-refractivity contribution in [1.29, 1.82) is 0 Å². The van der Waals surface area contributed by atoms with Crippen molar-refractivity contribution in [2.24, 2.45) is 0 Å². The second-order valence-electron chi connectivity index (χ2n) is 3.31. The Hall–Kier alpha value is -1.19. The van der Waals surface area contributed by atoms with Gasteiger partial charge in [0.15, 0.2) is 5.78 Å². The van der Waals surface area contributed by atoms with E-state index >= 15 is 0 Å². The number of rotatable bonds is 4. The monoisotopic (exact) mass is 194 g/mol. The zero-order valence-corrected chi connectivity index (χ0v) is 8.05. The molecular weight excluding hydrogens is 180 g/mol. The lowest BCUT2D eigenvalue weighted by Gasteiger charge is -2.14. The average molecular weight is 194 g/mol. The van der Waals surface area contributed by atoms with Gasteiger partial charge in [0, 0.05) is 6.42 Å². The zero-order chi connectivity index (χ0) is 10.6. The van der Waals surface area contributed by atoms with Gasteiger partial charge in [-0.1, -0.05) is 30.3 Å². The lowest BCUT2D eigenvalue weighted by molar-refractivity contribution is -0.130. The van der Waals surface area contributed by atoms with E-state index in [2.05, 4.69) is 0 Å². The highest BCUT2D eigenvalue weighted by atomic mass is 16.3. The fourth-order valence-electron chi connectivity index (χ4n) is 1.24. The van der Waals surface area contributed by atoms with Gasteiger partial charge in [-0.25, -0.2) is 0 Å². The number of hydrogen-bond donors (Lipinski definition) is 2. The van der Waals surface area contributed by atoms with E-state index in [1.165, 1.54) is 6.92 Å². The molecule has 1 aromatic rings. The van der Waals surface area contributed by atoms with E-state index in [0.717, 1.165) is 5.56 Å². The molecule has 14 heavy (non-hydrogen) atoms. The molecule has 0 heterocycles. The van der Waals surface area contributed by atoms with E-state index in [-0.39, 0.29) is 0 Å². The molecule has 0 amide bonds. The summed E-state index contributed by atoms with van der Waals surface area (Å²) in [6, 6.07) is 9.26. The van der Waals surface area contributed by atoms with Crippen molar-refractivity contribution in [1.82, 2.24) is 0 Å². The minimum atomic E-state index is -1.28. The summed E-state index contributed by atoms with van der Waals surface area (Å²) in [5, 5.41) is 18.7. The van der Waals surface area contributed by atoms with E-state index in [4.69, 9.17) is 0 Å². The maximum atomic E-state index is 10.8. The summed E-state index contributed by atoms with van der Waals surface area (Å²) < 4.78 is 0. The highest BCUT2D eigenvalue weighted by molar-refractivity contribution is 5.80. The molecule has 2 N–H and O–H groups in total. The van der Waals surface area contributed by atoms with Crippen molar-refractivity contribution >= 4 is 5.78 Å². The standard InChI is InChI=1S/C11H14O3/c1-8(12)11(14)10(13)7-9-5-3-2-4-6-9/h2-6,10-11,13-14H,7H2,1H3/t10-,11-/m1/s1. The topological polar surface area (TPSA) is 57.5 Å². The number of aliphatic hydroxyl groups is 2. The van der Waals surface area contributed by atoms with Gasteiger partial charge in [-0.05, 0) is 12.5 Å². The van der Waals surface area contributed by atoms with Crippen LogP contribution in [0, 0.1) is 0 Å². The lowest BCUT2D eigenvalue weighted by atomic mass is 10.0. The predicted molar refractivity (Wildman–Crippen MR) is 52.8 cm³/mol. The Balaban J connectivity index is 2.57. The van der Waals surface area contributed by atoms with Gasteiger partial charge in [0.2, 0.25) is 0 Å². The number of carbonyl (C=O) groups excluding carboxylic acids is 1. The summed E-state index contributed by atoms with van der Waals surface area (Å²) in [6.07, 6.45) is -2.01. The van der Waals surface area contributed by atoms with Crippen LogP contribution in [0.5, 0.6) is 0 Å². The van der Waals surface area contributed by atoms with Gasteiger partial charge in [0.05, 0.1) is 6.10 Å². The molecule has 0 aromatic heterocycles. The molecule has 2 atom stereocenters. The van der Waals surface area contributed by atoms with Crippen LogP contribution >= 0.6 is 0 Å². The Bertz CT molecular complexity index is 295. The third kappa shape index (κ3) is 2.94. The third-order valence-electron chi connectivity index (χ3n) is 2.07. The molecule has 76 valence electrons. The van der Waals surface area contributed by atoms with Crippen LogP contribution in [0.2, 0.25) is 0 Å².